The minimum atomic E-state index is -0.978. The van der Waals surface area contributed by atoms with Crippen molar-refractivity contribution in [2.24, 2.45) is 0 Å². The first kappa shape index (κ1) is 22.7. The summed E-state index contributed by atoms with van der Waals surface area (Å²) in [4.78, 5) is 44.3. The minimum absolute atomic E-state index is 0.0673. The number of H-pyrrole nitrogens is 1. The summed E-state index contributed by atoms with van der Waals surface area (Å²) in [5.41, 5.74) is 5.36. The van der Waals surface area contributed by atoms with E-state index in [4.69, 9.17) is 0 Å². The zero-order chi connectivity index (χ0) is 25.7. The second-order valence-electron chi connectivity index (χ2n) is 9.26. The van der Waals surface area contributed by atoms with Gasteiger partial charge < -0.3 is 20.8 Å². The standard InChI is InChI=1S/C26H22N6O5/c33-24(30-19-8-4-13-10-15(26(36)37)2-6-17(13)19)22-20-21(27-11-28-22)23(32-31-20)29-18-7-3-12-9-14(25(34)35)1-5-16(12)18/h1-2,5-6,9-11,18-19H,3-4,7-8H2,(H,30,33)(H,34,35)(H,36,37)(H2,29,31,32)/t18?,19-/m0/s1. The Labute approximate surface area is 210 Å². The number of benzene rings is 2. The van der Waals surface area contributed by atoms with Gasteiger partial charge in [-0.2, -0.15) is 5.10 Å². The molecule has 1 unspecified atom stereocenters. The third kappa shape index (κ3) is 3.94. The normalized spacial score (nSPS) is 17.8. The Bertz CT molecular complexity index is 1600. The molecule has 6 rings (SSSR count). The average molecular weight is 498 g/mol. The number of carboxylic acids is 2. The van der Waals surface area contributed by atoms with E-state index in [1.807, 2.05) is 6.07 Å². The molecule has 0 spiro atoms. The summed E-state index contributed by atoms with van der Waals surface area (Å²) in [7, 11) is 0. The molecule has 2 atom stereocenters. The van der Waals surface area contributed by atoms with Crippen molar-refractivity contribution in [1.82, 2.24) is 25.5 Å². The van der Waals surface area contributed by atoms with Crippen LogP contribution >= 0.6 is 0 Å². The van der Waals surface area contributed by atoms with Gasteiger partial charge in [-0.15, -0.1) is 0 Å². The lowest BCUT2D eigenvalue weighted by Gasteiger charge is -2.15. The highest BCUT2D eigenvalue weighted by Gasteiger charge is 2.28. The number of amides is 1. The van der Waals surface area contributed by atoms with Gasteiger partial charge in [0.2, 0.25) is 0 Å². The molecule has 5 N–H and O–H groups in total. The van der Waals surface area contributed by atoms with Crippen molar-refractivity contribution in [2.45, 2.75) is 37.8 Å². The van der Waals surface area contributed by atoms with Crippen LogP contribution in [0.4, 0.5) is 5.82 Å². The van der Waals surface area contributed by atoms with Crippen LogP contribution in [-0.2, 0) is 12.8 Å². The number of fused-ring (bicyclic) bond motifs is 3. The fourth-order valence-electron chi connectivity index (χ4n) is 5.30. The molecule has 2 aromatic heterocycles. The van der Waals surface area contributed by atoms with Gasteiger partial charge in [-0.05, 0) is 72.2 Å². The molecule has 0 aliphatic heterocycles. The average Bonchev–Trinajstić information content (AvgIpc) is 3.61. The van der Waals surface area contributed by atoms with Crippen molar-refractivity contribution in [3.63, 3.8) is 0 Å². The van der Waals surface area contributed by atoms with Crippen LogP contribution in [0.25, 0.3) is 11.0 Å². The first-order chi connectivity index (χ1) is 17.9. The van der Waals surface area contributed by atoms with E-state index in [1.54, 1.807) is 30.3 Å². The summed E-state index contributed by atoms with van der Waals surface area (Å²) < 4.78 is 0. The van der Waals surface area contributed by atoms with Gasteiger partial charge in [0.25, 0.3) is 5.91 Å². The van der Waals surface area contributed by atoms with Crippen LogP contribution in [0, 0.1) is 0 Å². The molecule has 2 aliphatic carbocycles. The van der Waals surface area contributed by atoms with E-state index in [2.05, 4.69) is 30.8 Å². The number of anilines is 1. The van der Waals surface area contributed by atoms with Crippen molar-refractivity contribution >= 4 is 34.7 Å². The van der Waals surface area contributed by atoms with E-state index in [1.165, 1.54) is 6.33 Å². The molecule has 37 heavy (non-hydrogen) atoms. The largest absolute Gasteiger partial charge is 0.478 e. The summed E-state index contributed by atoms with van der Waals surface area (Å²) in [6, 6.07) is 9.76. The molecule has 1 amide bonds. The topological polar surface area (TPSA) is 170 Å². The number of rotatable bonds is 6. The van der Waals surface area contributed by atoms with E-state index >= 15 is 0 Å². The summed E-state index contributed by atoms with van der Waals surface area (Å²) in [6.45, 7) is 0. The Morgan fingerprint density at radius 1 is 0.865 bits per heavy atom. The number of nitrogens with one attached hydrogen (secondary N) is 3. The predicted molar refractivity (Wildman–Crippen MR) is 132 cm³/mol. The zero-order valence-electron chi connectivity index (χ0n) is 19.5. The maximum Gasteiger partial charge on any atom is 0.335 e. The van der Waals surface area contributed by atoms with E-state index in [0.717, 1.165) is 35.1 Å². The number of carboxylic acid groups (broad SMARTS) is 2. The Morgan fingerprint density at radius 2 is 1.49 bits per heavy atom. The Morgan fingerprint density at radius 3 is 2.14 bits per heavy atom. The lowest BCUT2D eigenvalue weighted by Crippen LogP contribution is -2.28. The molecule has 0 radical (unpaired) electrons. The van der Waals surface area contributed by atoms with Crippen LogP contribution < -0.4 is 10.6 Å². The lowest BCUT2D eigenvalue weighted by molar-refractivity contribution is 0.0686. The van der Waals surface area contributed by atoms with E-state index < -0.39 is 11.9 Å². The van der Waals surface area contributed by atoms with Crippen LogP contribution in [0.15, 0.2) is 42.7 Å². The van der Waals surface area contributed by atoms with E-state index in [0.29, 0.717) is 29.7 Å². The van der Waals surface area contributed by atoms with Crippen LogP contribution in [0.2, 0.25) is 0 Å². The Hall–Kier alpha value is -4.80. The number of hydrogen-bond acceptors (Lipinski definition) is 7. The van der Waals surface area contributed by atoms with Gasteiger partial charge in [0, 0.05) is 0 Å². The molecule has 186 valence electrons. The molecule has 4 aromatic rings. The summed E-state index contributed by atoms with van der Waals surface area (Å²) in [6.07, 6.45) is 4.18. The smallest absolute Gasteiger partial charge is 0.335 e. The summed E-state index contributed by atoms with van der Waals surface area (Å²) in [5, 5.41) is 32.1. The zero-order valence-corrected chi connectivity index (χ0v) is 19.5. The van der Waals surface area contributed by atoms with Crippen LogP contribution in [0.3, 0.4) is 0 Å². The van der Waals surface area contributed by atoms with Crippen molar-refractivity contribution < 1.29 is 24.6 Å². The molecule has 0 fully saturated rings. The Balaban J connectivity index is 1.22. The van der Waals surface area contributed by atoms with Gasteiger partial charge in [-0.3, -0.25) is 9.89 Å². The van der Waals surface area contributed by atoms with Crippen LogP contribution in [0.5, 0.6) is 0 Å². The molecule has 0 saturated heterocycles. The van der Waals surface area contributed by atoms with Crippen molar-refractivity contribution in [3.05, 3.63) is 81.8 Å². The molecule has 11 nitrogen and oxygen atoms in total. The van der Waals surface area contributed by atoms with Gasteiger partial charge in [-0.25, -0.2) is 19.6 Å². The second kappa shape index (κ2) is 8.70. The number of carbonyl (C=O) groups excluding carboxylic acids is 1. The molecule has 11 heteroatoms. The predicted octanol–water partition coefficient (Wildman–Crippen LogP) is 3.27. The van der Waals surface area contributed by atoms with Gasteiger partial charge in [0.1, 0.15) is 17.4 Å². The Kier molecular flexibility index (Phi) is 5.32. The van der Waals surface area contributed by atoms with Crippen molar-refractivity contribution in [2.75, 3.05) is 5.32 Å². The molecule has 2 heterocycles. The van der Waals surface area contributed by atoms with Crippen molar-refractivity contribution in [3.8, 4) is 0 Å². The van der Waals surface area contributed by atoms with Crippen molar-refractivity contribution in [1.29, 1.82) is 0 Å². The number of nitrogens with zero attached hydrogens (tertiary/aromatic N) is 3. The highest BCUT2D eigenvalue weighted by Crippen LogP contribution is 2.36. The fraction of sp³-hybridized carbons (Fsp3) is 0.231. The van der Waals surface area contributed by atoms with Crippen LogP contribution in [-0.4, -0.2) is 48.2 Å². The number of aromatic amines is 1. The maximum absolute atomic E-state index is 13.2. The third-order valence-corrected chi connectivity index (χ3v) is 7.12. The third-order valence-electron chi connectivity index (χ3n) is 7.12. The molecule has 2 aliphatic rings. The summed E-state index contributed by atoms with van der Waals surface area (Å²) in [5.74, 6) is -1.83. The number of aromatic nitrogens is 4. The number of hydrogen-bond donors (Lipinski definition) is 5. The highest BCUT2D eigenvalue weighted by atomic mass is 16.4. The monoisotopic (exact) mass is 498 g/mol. The first-order valence-electron chi connectivity index (χ1n) is 11.9. The molecule has 2 aromatic carbocycles. The van der Waals surface area contributed by atoms with Gasteiger partial charge in [0.05, 0.1) is 23.2 Å². The quantitative estimate of drug-likeness (QED) is 0.268. The molecular weight excluding hydrogens is 476 g/mol. The molecule has 0 bridgehead atoms. The minimum Gasteiger partial charge on any atom is -0.478 e. The highest BCUT2D eigenvalue weighted by molar-refractivity contribution is 6.05. The number of aromatic carboxylic acids is 2. The van der Waals surface area contributed by atoms with Gasteiger partial charge >= 0.3 is 11.9 Å². The van der Waals surface area contributed by atoms with E-state index in [9.17, 15) is 24.6 Å². The second-order valence-corrected chi connectivity index (χ2v) is 9.26. The number of aryl methyl sites for hydroxylation is 2. The number of carbonyl (C=O) groups is 3. The van der Waals surface area contributed by atoms with Gasteiger partial charge in [0.15, 0.2) is 11.5 Å². The molecule has 0 saturated carbocycles. The fourth-order valence-corrected chi connectivity index (χ4v) is 5.30. The molecular formula is C26H22N6O5. The summed E-state index contributed by atoms with van der Waals surface area (Å²) >= 11 is 0. The lowest BCUT2D eigenvalue weighted by atomic mass is 10.0. The SMILES string of the molecule is O=C(O)c1ccc2c(c1)CCC2Nc1n[nH]c2c(C(=O)N[C@H]3CCc4cc(C(=O)O)ccc43)ncnc12. The van der Waals surface area contributed by atoms with E-state index in [-0.39, 0.29) is 34.8 Å². The first-order valence-corrected chi connectivity index (χ1v) is 11.9. The maximum atomic E-state index is 13.2. The van der Waals surface area contributed by atoms with Crippen LogP contribution in [0.1, 0.15) is 78.4 Å². The van der Waals surface area contributed by atoms with Gasteiger partial charge in [-0.1, -0.05) is 12.1 Å².